The van der Waals surface area contributed by atoms with Crippen molar-refractivity contribution in [3.8, 4) is 0 Å². The molecule has 0 aliphatic carbocycles. The summed E-state index contributed by atoms with van der Waals surface area (Å²) in [7, 11) is 0. The van der Waals surface area contributed by atoms with Crippen molar-refractivity contribution < 1.29 is 9.21 Å². The van der Waals surface area contributed by atoms with Gasteiger partial charge in [-0.3, -0.25) is 9.78 Å². The highest BCUT2D eigenvalue weighted by Crippen LogP contribution is 2.17. The second-order valence-corrected chi connectivity index (χ2v) is 6.15. The number of benzene rings is 2. The first-order valence-electron chi connectivity index (χ1n) is 8.25. The van der Waals surface area contributed by atoms with Gasteiger partial charge in [-0.05, 0) is 36.6 Å². The van der Waals surface area contributed by atoms with E-state index in [-0.39, 0.29) is 11.8 Å². The molecule has 1 aromatic heterocycles. The largest absolute Gasteiger partial charge is 0.417 e. The van der Waals surface area contributed by atoms with Crippen LogP contribution in [-0.2, 0) is 4.79 Å². The minimum Gasteiger partial charge on any atom is -0.408 e. The fraction of sp³-hybridized carbons (Fsp3) is 0.263. The molecule has 3 rings (SSSR count). The number of aromatic nitrogens is 1. The molecule has 25 heavy (non-hydrogen) atoms. The van der Waals surface area contributed by atoms with Gasteiger partial charge < -0.3 is 15.1 Å². The minimum absolute atomic E-state index is 0.0800. The lowest BCUT2D eigenvalue weighted by molar-refractivity contribution is -0.121. The Bertz CT molecular complexity index is 914. The van der Waals surface area contributed by atoms with Crippen LogP contribution in [0.4, 0.5) is 5.69 Å². The smallest absolute Gasteiger partial charge is 0.408 e. The number of amides is 1. The van der Waals surface area contributed by atoms with Gasteiger partial charge in [0.25, 0.3) is 0 Å². The third-order valence-corrected chi connectivity index (χ3v) is 4.15. The summed E-state index contributed by atoms with van der Waals surface area (Å²) < 4.78 is 4.96. The van der Waals surface area contributed by atoms with Gasteiger partial charge in [0, 0.05) is 12.2 Å². The lowest BCUT2D eigenvalue weighted by atomic mass is 10.0. The molecule has 130 valence electrons. The Morgan fingerprint density at radius 2 is 1.92 bits per heavy atom. The third kappa shape index (κ3) is 4.09. The summed E-state index contributed by atoms with van der Waals surface area (Å²) in [6.45, 7) is 4.45. The molecule has 2 atom stereocenters. The standard InChI is InChI=1S/C19H21N3O3/c1-12(14-6-4-3-5-7-14)11-20-18(23)13(2)21-15-8-9-17-16(10-15)22-19(24)25-17/h3-10,12-13,21H,11H2,1-2H3,(H,20,23)(H,22,24)/t12-,13+/m1/s1. The van der Waals surface area contributed by atoms with Crippen LogP contribution in [0.3, 0.4) is 0 Å². The highest BCUT2D eigenvalue weighted by molar-refractivity contribution is 5.85. The van der Waals surface area contributed by atoms with Gasteiger partial charge in [0.05, 0.1) is 5.52 Å². The maximum absolute atomic E-state index is 12.3. The van der Waals surface area contributed by atoms with Crippen molar-refractivity contribution in [1.29, 1.82) is 0 Å². The molecule has 3 N–H and O–H groups in total. The van der Waals surface area contributed by atoms with E-state index in [0.29, 0.717) is 17.6 Å². The predicted octanol–water partition coefficient (Wildman–Crippen LogP) is 2.84. The van der Waals surface area contributed by atoms with Crippen molar-refractivity contribution in [2.24, 2.45) is 0 Å². The number of oxazole rings is 1. The Morgan fingerprint density at radius 3 is 2.68 bits per heavy atom. The van der Waals surface area contributed by atoms with Gasteiger partial charge in [0.15, 0.2) is 5.58 Å². The summed E-state index contributed by atoms with van der Waals surface area (Å²) in [5, 5.41) is 6.10. The average Bonchev–Trinajstić information content (AvgIpc) is 2.99. The fourth-order valence-electron chi connectivity index (χ4n) is 2.66. The normalized spacial score (nSPS) is 13.4. The van der Waals surface area contributed by atoms with E-state index in [1.54, 1.807) is 25.1 Å². The lowest BCUT2D eigenvalue weighted by Gasteiger charge is -2.18. The van der Waals surface area contributed by atoms with E-state index in [1.807, 2.05) is 18.2 Å². The number of hydrogen-bond acceptors (Lipinski definition) is 4. The maximum atomic E-state index is 12.3. The van der Waals surface area contributed by atoms with Crippen LogP contribution in [-0.4, -0.2) is 23.5 Å². The molecule has 1 amide bonds. The minimum atomic E-state index is -0.493. The zero-order valence-electron chi connectivity index (χ0n) is 14.2. The van der Waals surface area contributed by atoms with Gasteiger partial charge in [-0.2, -0.15) is 0 Å². The summed E-state index contributed by atoms with van der Waals surface area (Å²) in [6, 6.07) is 14.9. The summed E-state index contributed by atoms with van der Waals surface area (Å²) >= 11 is 0. The van der Waals surface area contributed by atoms with Crippen molar-refractivity contribution >= 4 is 22.7 Å². The molecule has 6 heteroatoms. The molecule has 0 radical (unpaired) electrons. The molecular weight excluding hydrogens is 318 g/mol. The SMILES string of the molecule is C[C@H](Nc1ccc2oc(=O)[nH]c2c1)C(=O)NC[C@@H](C)c1ccccc1. The van der Waals surface area contributed by atoms with Gasteiger partial charge in [-0.25, -0.2) is 4.79 Å². The second kappa shape index (κ2) is 7.25. The maximum Gasteiger partial charge on any atom is 0.417 e. The van der Waals surface area contributed by atoms with Crippen LogP contribution < -0.4 is 16.4 Å². The Hall–Kier alpha value is -3.02. The number of H-pyrrole nitrogens is 1. The van der Waals surface area contributed by atoms with Gasteiger partial charge in [0.2, 0.25) is 5.91 Å². The number of fused-ring (bicyclic) bond motifs is 1. The summed E-state index contributed by atoms with van der Waals surface area (Å²) in [6.07, 6.45) is 0. The molecule has 0 fully saturated rings. The van der Waals surface area contributed by atoms with Crippen molar-refractivity contribution in [2.75, 3.05) is 11.9 Å². The van der Waals surface area contributed by atoms with E-state index in [0.717, 1.165) is 5.69 Å². The monoisotopic (exact) mass is 339 g/mol. The Balaban J connectivity index is 1.57. The van der Waals surface area contributed by atoms with Crippen LogP contribution >= 0.6 is 0 Å². The van der Waals surface area contributed by atoms with Crippen LogP contribution in [0.15, 0.2) is 57.7 Å². The zero-order valence-corrected chi connectivity index (χ0v) is 14.2. The first-order valence-corrected chi connectivity index (χ1v) is 8.25. The number of rotatable bonds is 6. The van der Waals surface area contributed by atoms with Crippen molar-refractivity contribution in [1.82, 2.24) is 10.3 Å². The van der Waals surface area contributed by atoms with E-state index in [9.17, 15) is 9.59 Å². The number of carbonyl (C=O) groups is 1. The molecule has 0 unspecified atom stereocenters. The number of aromatic amines is 1. The topological polar surface area (TPSA) is 87.1 Å². The van der Waals surface area contributed by atoms with E-state index in [4.69, 9.17) is 4.42 Å². The van der Waals surface area contributed by atoms with Crippen LogP contribution in [0.1, 0.15) is 25.3 Å². The van der Waals surface area contributed by atoms with Gasteiger partial charge in [-0.1, -0.05) is 37.3 Å². The molecule has 0 bridgehead atoms. The van der Waals surface area contributed by atoms with Crippen LogP contribution in [0.2, 0.25) is 0 Å². The van der Waals surface area contributed by atoms with Crippen LogP contribution in [0, 0.1) is 0 Å². The Morgan fingerprint density at radius 1 is 1.16 bits per heavy atom. The first-order chi connectivity index (χ1) is 12.0. The summed E-state index contributed by atoms with van der Waals surface area (Å²) in [4.78, 5) is 26.1. The molecular formula is C19H21N3O3. The molecule has 0 aliphatic rings. The number of anilines is 1. The molecule has 0 saturated carbocycles. The van der Waals surface area contributed by atoms with E-state index in [2.05, 4.69) is 34.7 Å². The summed E-state index contributed by atoms with van der Waals surface area (Å²) in [5.74, 6) is -0.332. The van der Waals surface area contributed by atoms with E-state index in [1.165, 1.54) is 5.56 Å². The van der Waals surface area contributed by atoms with Gasteiger partial charge >= 0.3 is 5.76 Å². The average molecular weight is 339 g/mol. The first kappa shape index (κ1) is 16.8. The van der Waals surface area contributed by atoms with E-state index >= 15 is 0 Å². The van der Waals surface area contributed by atoms with Gasteiger partial charge in [-0.15, -0.1) is 0 Å². The number of hydrogen-bond donors (Lipinski definition) is 3. The van der Waals surface area contributed by atoms with Gasteiger partial charge in [0.1, 0.15) is 6.04 Å². The van der Waals surface area contributed by atoms with Crippen LogP contribution in [0.5, 0.6) is 0 Å². The summed E-state index contributed by atoms with van der Waals surface area (Å²) in [5.41, 5.74) is 3.02. The number of carbonyl (C=O) groups excluding carboxylic acids is 1. The van der Waals surface area contributed by atoms with Crippen molar-refractivity contribution in [3.05, 3.63) is 64.6 Å². The lowest BCUT2D eigenvalue weighted by Crippen LogP contribution is -2.39. The molecule has 0 saturated heterocycles. The van der Waals surface area contributed by atoms with E-state index < -0.39 is 11.8 Å². The van der Waals surface area contributed by atoms with Crippen molar-refractivity contribution in [2.45, 2.75) is 25.8 Å². The van der Waals surface area contributed by atoms with Crippen LogP contribution in [0.25, 0.3) is 11.1 Å². The predicted molar refractivity (Wildman–Crippen MR) is 97.8 cm³/mol. The molecule has 2 aromatic carbocycles. The number of nitrogens with one attached hydrogen (secondary N) is 3. The Labute approximate surface area is 145 Å². The zero-order chi connectivity index (χ0) is 17.8. The molecule has 6 nitrogen and oxygen atoms in total. The third-order valence-electron chi connectivity index (χ3n) is 4.15. The molecule has 3 aromatic rings. The molecule has 0 aliphatic heterocycles. The highest BCUT2D eigenvalue weighted by atomic mass is 16.4. The second-order valence-electron chi connectivity index (χ2n) is 6.15. The Kier molecular flexibility index (Phi) is 4.88. The molecule has 0 spiro atoms. The molecule has 1 heterocycles. The highest BCUT2D eigenvalue weighted by Gasteiger charge is 2.14. The fourth-order valence-corrected chi connectivity index (χ4v) is 2.66. The van der Waals surface area contributed by atoms with Crippen molar-refractivity contribution in [3.63, 3.8) is 0 Å². The quantitative estimate of drug-likeness (QED) is 0.644.